The zero-order valence-corrected chi connectivity index (χ0v) is 13.0. The van der Waals surface area contributed by atoms with Crippen molar-refractivity contribution in [2.75, 3.05) is 6.79 Å². The van der Waals surface area contributed by atoms with E-state index in [2.05, 4.69) is 5.32 Å². The van der Waals surface area contributed by atoms with E-state index in [1.54, 1.807) is 0 Å². The highest BCUT2D eigenvalue weighted by Crippen LogP contribution is 2.32. The molecule has 1 aromatic rings. The number of hydrogen-bond acceptors (Lipinski definition) is 5. The number of nitrogens with two attached hydrogens (primary N) is 1. The Balaban J connectivity index is 0.00000176. The molecule has 6 nitrogen and oxygen atoms in total. The fourth-order valence-corrected chi connectivity index (χ4v) is 2.79. The van der Waals surface area contributed by atoms with E-state index in [4.69, 9.17) is 15.2 Å². The van der Waals surface area contributed by atoms with Gasteiger partial charge in [-0.05, 0) is 37.0 Å². The SMILES string of the molecule is Cl.N[C@@H]1CC[C@H](C(=O)NCc2ccc3c(c2)OCO3)C[C@H]1O. The number of hydrogen-bond donors (Lipinski definition) is 3. The summed E-state index contributed by atoms with van der Waals surface area (Å²) in [5, 5.41) is 12.7. The molecule has 0 aromatic heterocycles. The summed E-state index contributed by atoms with van der Waals surface area (Å²) in [6.45, 7) is 0.680. The Morgan fingerprint density at radius 2 is 2.09 bits per heavy atom. The van der Waals surface area contributed by atoms with Gasteiger partial charge in [0, 0.05) is 18.5 Å². The number of amides is 1. The molecule has 0 radical (unpaired) electrons. The molecule has 0 spiro atoms. The lowest BCUT2D eigenvalue weighted by molar-refractivity contribution is -0.127. The quantitative estimate of drug-likeness (QED) is 0.768. The number of benzene rings is 1. The molecule has 2 aliphatic rings. The highest BCUT2D eigenvalue weighted by atomic mass is 35.5. The Morgan fingerprint density at radius 1 is 1.32 bits per heavy atom. The molecular formula is C15H21ClN2O4. The predicted octanol–water partition coefficient (Wildman–Crippen LogP) is 0.942. The minimum absolute atomic E-state index is 0. The molecule has 122 valence electrons. The normalized spacial score (nSPS) is 26.2. The summed E-state index contributed by atoms with van der Waals surface area (Å²) in [7, 11) is 0. The molecule has 1 aromatic carbocycles. The highest BCUT2D eigenvalue weighted by Gasteiger charge is 2.30. The smallest absolute Gasteiger partial charge is 0.231 e. The summed E-state index contributed by atoms with van der Waals surface area (Å²) in [5.74, 6) is 1.25. The second kappa shape index (κ2) is 7.17. The van der Waals surface area contributed by atoms with Gasteiger partial charge in [0.05, 0.1) is 6.10 Å². The van der Waals surface area contributed by atoms with Crippen molar-refractivity contribution in [3.05, 3.63) is 23.8 Å². The lowest BCUT2D eigenvalue weighted by atomic mass is 9.84. The van der Waals surface area contributed by atoms with Crippen LogP contribution in [0.4, 0.5) is 0 Å². The van der Waals surface area contributed by atoms with Gasteiger partial charge >= 0.3 is 0 Å². The molecule has 1 aliphatic carbocycles. The fraction of sp³-hybridized carbons (Fsp3) is 0.533. The van der Waals surface area contributed by atoms with E-state index in [-0.39, 0.29) is 37.1 Å². The topological polar surface area (TPSA) is 93.8 Å². The van der Waals surface area contributed by atoms with E-state index < -0.39 is 6.10 Å². The zero-order valence-electron chi connectivity index (χ0n) is 12.2. The van der Waals surface area contributed by atoms with E-state index in [1.807, 2.05) is 18.2 Å². The summed E-state index contributed by atoms with van der Waals surface area (Å²) < 4.78 is 10.6. The number of fused-ring (bicyclic) bond motifs is 1. The molecule has 1 heterocycles. The molecule has 1 saturated carbocycles. The van der Waals surface area contributed by atoms with Gasteiger partial charge in [0.2, 0.25) is 12.7 Å². The fourth-order valence-electron chi connectivity index (χ4n) is 2.79. The minimum Gasteiger partial charge on any atom is -0.454 e. The third-order valence-corrected chi connectivity index (χ3v) is 4.14. The molecule has 0 unspecified atom stereocenters. The molecule has 22 heavy (non-hydrogen) atoms. The Morgan fingerprint density at radius 3 is 2.86 bits per heavy atom. The molecule has 7 heteroatoms. The number of rotatable bonds is 3. The van der Waals surface area contributed by atoms with Crippen molar-refractivity contribution in [2.45, 2.75) is 38.0 Å². The number of carbonyl (C=O) groups is 1. The van der Waals surface area contributed by atoms with E-state index in [0.29, 0.717) is 25.1 Å². The summed E-state index contributed by atoms with van der Waals surface area (Å²) in [4.78, 5) is 12.1. The number of carbonyl (C=O) groups excluding carboxylic acids is 1. The van der Waals surface area contributed by atoms with E-state index in [1.165, 1.54) is 0 Å². The summed E-state index contributed by atoms with van der Waals surface area (Å²) in [6.07, 6.45) is 1.27. The number of nitrogens with one attached hydrogen (secondary N) is 1. The first-order valence-electron chi connectivity index (χ1n) is 7.23. The summed E-state index contributed by atoms with van der Waals surface area (Å²) >= 11 is 0. The maximum Gasteiger partial charge on any atom is 0.231 e. The Hall–Kier alpha value is -1.50. The number of halogens is 1. The van der Waals surface area contributed by atoms with Gasteiger partial charge in [-0.25, -0.2) is 0 Å². The monoisotopic (exact) mass is 328 g/mol. The van der Waals surface area contributed by atoms with Gasteiger partial charge in [-0.3, -0.25) is 4.79 Å². The average molecular weight is 329 g/mol. The number of aliphatic hydroxyl groups is 1. The van der Waals surface area contributed by atoms with Crippen molar-refractivity contribution in [3.8, 4) is 11.5 Å². The van der Waals surface area contributed by atoms with Crippen molar-refractivity contribution in [2.24, 2.45) is 11.7 Å². The van der Waals surface area contributed by atoms with Gasteiger partial charge < -0.3 is 25.6 Å². The largest absolute Gasteiger partial charge is 0.454 e. The first kappa shape index (κ1) is 16.9. The lowest BCUT2D eigenvalue weighted by Crippen LogP contribution is -2.44. The average Bonchev–Trinajstić information content (AvgIpc) is 2.95. The Kier molecular flexibility index (Phi) is 5.50. The van der Waals surface area contributed by atoms with Crippen LogP contribution in [0.15, 0.2) is 18.2 Å². The third kappa shape index (κ3) is 3.63. The zero-order chi connectivity index (χ0) is 14.8. The van der Waals surface area contributed by atoms with E-state index in [9.17, 15) is 9.90 Å². The minimum atomic E-state index is -0.583. The molecule has 1 fully saturated rings. The van der Waals surface area contributed by atoms with Gasteiger partial charge in [0.25, 0.3) is 0 Å². The second-order valence-corrected chi connectivity index (χ2v) is 5.65. The van der Waals surface area contributed by atoms with Crippen LogP contribution in [0.5, 0.6) is 11.5 Å². The maximum atomic E-state index is 12.1. The maximum absolute atomic E-state index is 12.1. The molecule has 1 amide bonds. The lowest BCUT2D eigenvalue weighted by Gasteiger charge is -2.29. The van der Waals surface area contributed by atoms with Gasteiger partial charge in [0.1, 0.15) is 0 Å². The molecule has 4 N–H and O–H groups in total. The first-order valence-corrected chi connectivity index (χ1v) is 7.23. The van der Waals surface area contributed by atoms with Crippen LogP contribution in [-0.4, -0.2) is 30.0 Å². The van der Waals surface area contributed by atoms with Crippen molar-refractivity contribution in [1.29, 1.82) is 0 Å². The molecule has 0 bridgehead atoms. The van der Waals surface area contributed by atoms with Crippen molar-refractivity contribution in [3.63, 3.8) is 0 Å². The summed E-state index contributed by atoms with van der Waals surface area (Å²) in [5.41, 5.74) is 6.71. The molecule has 3 rings (SSSR count). The predicted molar refractivity (Wildman–Crippen MR) is 83.0 cm³/mol. The van der Waals surface area contributed by atoms with Crippen LogP contribution in [0.2, 0.25) is 0 Å². The van der Waals surface area contributed by atoms with Crippen LogP contribution in [-0.2, 0) is 11.3 Å². The van der Waals surface area contributed by atoms with Crippen LogP contribution in [0.25, 0.3) is 0 Å². The van der Waals surface area contributed by atoms with Crippen LogP contribution >= 0.6 is 12.4 Å². The first-order chi connectivity index (χ1) is 10.1. The number of aliphatic hydroxyl groups excluding tert-OH is 1. The standard InChI is InChI=1S/C15H20N2O4.ClH/c16-11-3-2-10(6-12(11)18)15(19)17-7-9-1-4-13-14(5-9)21-8-20-13;/h1,4-5,10-12,18H,2-3,6-8,16H2,(H,17,19);1H/t10-,11+,12+;/m0./s1. The second-order valence-electron chi connectivity index (χ2n) is 5.65. The third-order valence-electron chi connectivity index (χ3n) is 4.14. The van der Waals surface area contributed by atoms with Crippen LogP contribution in [0.3, 0.4) is 0 Å². The van der Waals surface area contributed by atoms with Gasteiger partial charge in [-0.1, -0.05) is 6.07 Å². The highest BCUT2D eigenvalue weighted by molar-refractivity contribution is 5.85. The van der Waals surface area contributed by atoms with Crippen LogP contribution < -0.4 is 20.5 Å². The van der Waals surface area contributed by atoms with E-state index in [0.717, 1.165) is 17.7 Å². The van der Waals surface area contributed by atoms with Crippen molar-refractivity contribution in [1.82, 2.24) is 5.32 Å². The Labute approximate surface area is 135 Å². The van der Waals surface area contributed by atoms with E-state index >= 15 is 0 Å². The molecular weight excluding hydrogens is 308 g/mol. The molecule has 3 atom stereocenters. The number of ether oxygens (including phenoxy) is 2. The van der Waals surface area contributed by atoms with Crippen LogP contribution in [0, 0.1) is 5.92 Å². The molecule has 0 saturated heterocycles. The van der Waals surface area contributed by atoms with Crippen LogP contribution in [0.1, 0.15) is 24.8 Å². The Bertz CT molecular complexity index is 540. The molecule has 1 aliphatic heterocycles. The van der Waals surface area contributed by atoms with Gasteiger partial charge in [-0.15, -0.1) is 12.4 Å². The van der Waals surface area contributed by atoms with Gasteiger partial charge in [-0.2, -0.15) is 0 Å². The van der Waals surface area contributed by atoms with Gasteiger partial charge in [0.15, 0.2) is 11.5 Å². The van der Waals surface area contributed by atoms with Crippen molar-refractivity contribution < 1.29 is 19.4 Å². The van der Waals surface area contributed by atoms with Crippen molar-refractivity contribution >= 4 is 18.3 Å². The summed E-state index contributed by atoms with van der Waals surface area (Å²) in [6, 6.07) is 5.41.